The summed E-state index contributed by atoms with van der Waals surface area (Å²) in [7, 11) is 0. The summed E-state index contributed by atoms with van der Waals surface area (Å²) in [5.41, 5.74) is 4.20. The highest BCUT2D eigenvalue weighted by Gasteiger charge is 2.14. The summed E-state index contributed by atoms with van der Waals surface area (Å²) in [5, 5.41) is 2.89. The SMILES string of the molecule is Cc1ccc(-c2cn3cccnc3n2)cc1NC(=O)Cn1c(=O)oc2ccccc21. The first-order valence-corrected chi connectivity index (χ1v) is 9.37. The molecule has 0 aliphatic carbocycles. The zero-order chi connectivity index (χ0) is 20.7. The van der Waals surface area contributed by atoms with Crippen LogP contribution in [0.3, 0.4) is 0 Å². The van der Waals surface area contributed by atoms with Gasteiger partial charge in [0.2, 0.25) is 11.7 Å². The number of oxazole rings is 1. The maximum Gasteiger partial charge on any atom is 0.420 e. The third kappa shape index (κ3) is 3.14. The molecule has 8 nitrogen and oxygen atoms in total. The Morgan fingerprint density at radius 2 is 2.03 bits per heavy atom. The summed E-state index contributed by atoms with van der Waals surface area (Å²) >= 11 is 0. The van der Waals surface area contributed by atoms with E-state index in [9.17, 15) is 9.59 Å². The van der Waals surface area contributed by atoms with E-state index in [2.05, 4.69) is 15.3 Å². The number of carbonyl (C=O) groups excluding carboxylic acids is 1. The number of rotatable bonds is 4. The van der Waals surface area contributed by atoms with Crippen molar-refractivity contribution in [2.45, 2.75) is 13.5 Å². The van der Waals surface area contributed by atoms with Crippen LogP contribution in [0.1, 0.15) is 5.56 Å². The second-order valence-corrected chi connectivity index (χ2v) is 6.95. The van der Waals surface area contributed by atoms with Crippen molar-refractivity contribution in [2.24, 2.45) is 0 Å². The molecule has 0 aliphatic heterocycles. The molecule has 0 bridgehead atoms. The molecule has 0 fully saturated rings. The van der Waals surface area contributed by atoms with E-state index in [1.54, 1.807) is 30.5 Å². The van der Waals surface area contributed by atoms with Gasteiger partial charge in [0.25, 0.3) is 0 Å². The van der Waals surface area contributed by atoms with Gasteiger partial charge < -0.3 is 9.73 Å². The lowest BCUT2D eigenvalue weighted by Crippen LogP contribution is -2.25. The Bertz CT molecular complexity index is 1430. The van der Waals surface area contributed by atoms with Crippen molar-refractivity contribution < 1.29 is 9.21 Å². The van der Waals surface area contributed by atoms with E-state index in [0.29, 0.717) is 22.6 Å². The number of nitrogens with zero attached hydrogens (tertiary/aromatic N) is 4. The number of aromatic nitrogens is 4. The third-order valence-corrected chi connectivity index (χ3v) is 4.92. The molecule has 2 aromatic carbocycles. The van der Waals surface area contributed by atoms with E-state index >= 15 is 0 Å². The number of hydrogen-bond acceptors (Lipinski definition) is 5. The monoisotopic (exact) mass is 399 g/mol. The van der Waals surface area contributed by atoms with Crippen molar-refractivity contribution in [3.8, 4) is 11.3 Å². The zero-order valence-electron chi connectivity index (χ0n) is 16.1. The molecule has 3 aromatic heterocycles. The predicted octanol–water partition coefficient (Wildman–Crippen LogP) is 3.25. The van der Waals surface area contributed by atoms with Gasteiger partial charge in [0.15, 0.2) is 5.58 Å². The van der Waals surface area contributed by atoms with E-state index in [4.69, 9.17) is 4.42 Å². The van der Waals surface area contributed by atoms with Gasteiger partial charge in [-0.15, -0.1) is 0 Å². The largest absolute Gasteiger partial charge is 0.420 e. The van der Waals surface area contributed by atoms with Gasteiger partial charge in [-0.3, -0.25) is 13.8 Å². The number of fused-ring (bicyclic) bond motifs is 2. The van der Waals surface area contributed by atoms with Gasteiger partial charge in [-0.05, 0) is 36.8 Å². The van der Waals surface area contributed by atoms with Gasteiger partial charge in [-0.1, -0.05) is 24.3 Å². The van der Waals surface area contributed by atoms with Gasteiger partial charge in [0.05, 0.1) is 11.2 Å². The molecule has 148 valence electrons. The van der Waals surface area contributed by atoms with Crippen LogP contribution in [0.5, 0.6) is 0 Å². The minimum atomic E-state index is -0.561. The van der Waals surface area contributed by atoms with Crippen LogP contribution >= 0.6 is 0 Å². The lowest BCUT2D eigenvalue weighted by molar-refractivity contribution is -0.116. The molecule has 1 N–H and O–H groups in total. The Kier molecular flexibility index (Phi) is 4.17. The second-order valence-electron chi connectivity index (χ2n) is 6.95. The van der Waals surface area contributed by atoms with Gasteiger partial charge >= 0.3 is 5.76 Å². The molecule has 1 amide bonds. The van der Waals surface area contributed by atoms with Gasteiger partial charge in [0.1, 0.15) is 6.54 Å². The highest BCUT2D eigenvalue weighted by molar-refractivity contribution is 5.93. The second kappa shape index (κ2) is 7.00. The quantitative estimate of drug-likeness (QED) is 0.501. The molecular weight excluding hydrogens is 382 g/mol. The number of carbonyl (C=O) groups is 1. The number of amides is 1. The Labute approximate surface area is 170 Å². The number of imidazole rings is 1. The first-order valence-electron chi connectivity index (χ1n) is 9.37. The molecule has 0 aliphatic rings. The van der Waals surface area contributed by atoms with Crippen LogP contribution in [-0.2, 0) is 11.3 Å². The fourth-order valence-corrected chi connectivity index (χ4v) is 3.38. The van der Waals surface area contributed by atoms with Crippen molar-refractivity contribution in [2.75, 3.05) is 5.32 Å². The van der Waals surface area contributed by atoms with Crippen molar-refractivity contribution in [1.29, 1.82) is 0 Å². The van der Waals surface area contributed by atoms with E-state index in [1.165, 1.54) is 4.57 Å². The predicted molar refractivity (Wildman–Crippen MR) is 112 cm³/mol. The van der Waals surface area contributed by atoms with Crippen LogP contribution < -0.4 is 11.1 Å². The van der Waals surface area contributed by atoms with E-state index in [0.717, 1.165) is 16.8 Å². The van der Waals surface area contributed by atoms with E-state index in [-0.39, 0.29) is 12.5 Å². The maximum atomic E-state index is 12.7. The van der Waals surface area contributed by atoms with Crippen LogP contribution in [0.2, 0.25) is 0 Å². The van der Waals surface area contributed by atoms with Crippen LogP contribution in [-0.4, -0.2) is 24.8 Å². The average molecular weight is 399 g/mol. The van der Waals surface area contributed by atoms with E-state index in [1.807, 2.05) is 48.0 Å². The summed E-state index contributed by atoms with van der Waals surface area (Å²) in [6, 6.07) is 14.6. The van der Waals surface area contributed by atoms with Gasteiger partial charge in [0, 0.05) is 29.8 Å². The summed E-state index contributed by atoms with van der Waals surface area (Å²) in [6.07, 6.45) is 5.45. The minimum absolute atomic E-state index is 0.141. The number of nitrogens with one attached hydrogen (secondary N) is 1. The Morgan fingerprint density at radius 3 is 2.90 bits per heavy atom. The highest BCUT2D eigenvalue weighted by atomic mass is 16.4. The molecule has 5 aromatic rings. The van der Waals surface area contributed by atoms with E-state index < -0.39 is 5.76 Å². The molecule has 0 atom stereocenters. The molecule has 8 heteroatoms. The summed E-state index contributed by atoms with van der Waals surface area (Å²) in [4.78, 5) is 33.5. The lowest BCUT2D eigenvalue weighted by Gasteiger charge is -2.10. The van der Waals surface area contributed by atoms with Crippen LogP contribution in [0.4, 0.5) is 5.69 Å². The fraction of sp³-hybridized carbons (Fsp3) is 0.0909. The minimum Gasteiger partial charge on any atom is -0.408 e. The van der Waals surface area contributed by atoms with Crippen LogP contribution in [0.25, 0.3) is 28.1 Å². The van der Waals surface area contributed by atoms with Crippen molar-refractivity contribution in [3.63, 3.8) is 0 Å². The summed E-state index contributed by atoms with van der Waals surface area (Å²) < 4.78 is 8.34. The number of para-hydroxylation sites is 2. The number of hydrogen-bond donors (Lipinski definition) is 1. The lowest BCUT2D eigenvalue weighted by atomic mass is 10.1. The number of benzene rings is 2. The summed E-state index contributed by atoms with van der Waals surface area (Å²) in [6.45, 7) is 1.77. The number of aryl methyl sites for hydroxylation is 1. The summed E-state index contributed by atoms with van der Waals surface area (Å²) in [5.74, 6) is -0.278. The topological polar surface area (TPSA) is 94.4 Å². The van der Waals surface area contributed by atoms with Crippen molar-refractivity contribution >= 4 is 28.5 Å². The zero-order valence-corrected chi connectivity index (χ0v) is 16.1. The molecule has 0 spiro atoms. The molecule has 30 heavy (non-hydrogen) atoms. The van der Waals surface area contributed by atoms with Crippen LogP contribution in [0, 0.1) is 6.92 Å². The average Bonchev–Trinajstić information content (AvgIpc) is 3.31. The highest BCUT2D eigenvalue weighted by Crippen LogP contribution is 2.25. The normalized spacial score (nSPS) is 11.2. The van der Waals surface area contributed by atoms with Crippen molar-refractivity contribution in [1.82, 2.24) is 18.9 Å². The van der Waals surface area contributed by atoms with Gasteiger partial charge in [-0.25, -0.2) is 14.8 Å². The standard InChI is InChI=1S/C22H17N5O3/c1-14-7-8-15(17-12-26-10-4-9-23-21(26)25-17)11-16(14)24-20(28)13-27-18-5-2-3-6-19(18)30-22(27)29/h2-12H,13H2,1H3,(H,24,28). The Hall–Kier alpha value is -4.20. The molecular formula is C22H17N5O3. The fourth-order valence-electron chi connectivity index (χ4n) is 3.38. The molecule has 3 heterocycles. The molecule has 0 unspecified atom stereocenters. The molecule has 0 saturated heterocycles. The third-order valence-electron chi connectivity index (χ3n) is 4.92. The smallest absolute Gasteiger partial charge is 0.408 e. The molecule has 0 radical (unpaired) electrons. The van der Waals surface area contributed by atoms with Gasteiger partial charge in [-0.2, -0.15) is 0 Å². The first-order chi connectivity index (χ1) is 14.6. The van der Waals surface area contributed by atoms with Crippen LogP contribution in [0.15, 0.2) is 76.3 Å². The Balaban J connectivity index is 1.43. The molecule has 0 saturated carbocycles. The maximum absolute atomic E-state index is 12.7. The Morgan fingerprint density at radius 1 is 1.17 bits per heavy atom. The number of anilines is 1. The molecule has 5 rings (SSSR count). The van der Waals surface area contributed by atoms with Crippen molar-refractivity contribution in [3.05, 3.63) is 83.2 Å². The first kappa shape index (κ1) is 17.9.